The number of nitrogens with zero attached hydrogens (tertiary/aromatic N) is 5. The summed E-state index contributed by atoms with van der Waals surface area (Å²) in [4.78, 5) is 27.1. The Hall–Kier alpha value is -3.16. The van der Waals surface area contributed by atoms with E-state index in [0.29, 0.717) is 30.2 Å². The van der Waals surface area contributed by atoms with E-state index in [9.17, 15) is 4.79 Å². The van der Waals surface area contributed by atoms with Gasteiger partial charge in [0, 0.05) is 18.7 Å². The lowest BCUT2D eigenvalue weighted by Gasteiger charge is -2.40. The second-order valence-electron chi connectivity index (χ2n) is 7.05. The highest BCUT2D eigenvalue weighted by Crippen LogP contribution is 2.40. The first-order valence-electron chi connectivity index (χ1n) is 8.75. The minimum atomic E-state index is 0.0711. The Morgan fingerprint density at radius 1 is 1.15 bits per heavy atom. The summed E-state index contributed by atoms with van der Waals surface area (Å²) in [5, 5.41) is 0. The molecule has 1 aliphatic carbocycles. The van der Waals surface area contributed by atoms with Crippen LogP contribution in [0.1, 0.15) is 40.7 Å². The van der Waals surface area contributed by atoms with Gasteiger partial charge in [0.05, 0.1) is 12.4 Å². The lowest BCUT2D eigenvalue weighted by atomic mass is 10.0. The molecule has 0 spiro atoms. The lowest BCUT2D eigenvalue weighted by molar-refractivity contribution is 0.0525. The maximum Gasteiger partial charge on any atom is 0.254 e. The van der Waals surface area contributed by atoms with Gasteiger partial charge in [-0.15, -0.1) is 0 Å². The van der Waals surface area contributed by atoms with Gasteiger partial charge in [0.1, 0.15) is 5.52 Å². The van der Waals surface area contributed by atoms with E-state index in [2.05, 4.69) is 21.0 Å². The van der Waals surface area contributed by atoms with Gasteiger partial charge in [-0.25, -0.2) is 4.98 Å². The van der Waals surface area contributed by atoms with E-state index in [0.717, 1.165) is 5.56 Å². The molecule has 3 heterocycles. The van der Waals surface area contributed by atoms with Crippen molar-refractivity contribution in [3.63, 3.8) is 0 Å². The molecule has 4 N–H and O–H groups in total. The Balaban J connectivity index is 1.34. The zero-order valence-electron chi connectivity index (χ0n) is 14.2. The van der Waals surface area contributed by atoms with Crippen LogP contribution in [0, 0.1) is 0 Å². The first-order valence-corrected chi connectivity index (χ1v) is 8.75. The summed E-state index contributed by atoms with van der Waals surface area (Å²) in [7, 11) is 0. The summed E-state index contributed by atoms with van der Waals surface area (Å²) >= 11 is 0. The Morgan fingerprint density at radius 2 is 1.96 bits per heavy atom. The van der Waals surface area contributed by atoms with Gasteiger partial charge in [-0.05, 0) is 36.5 Å². The molecule has 2 aromatic heterocycles. The standard InChI is InChI=1S/C18H19N7O/c19-15-14-16(23-18(20)22-15)25(9-21-14)13-7-24(8-13)17(26)12-3-1-2-11(6-12)10-4-5-10/h1-3,6,9-10,13H,4-5,7-8H2,(H4,19,20,22,23). The zero-order chi connectivity index (χ0) is 17.8. The van der Waals surface area contributed by atoms with Crippen molar-refractivity contribution >= 4 is 28.8 Å². The number of benzene rings is 1. The third kappa shape index (κ3) is 2.37. The van der Waals surface area contributed by atoms with Crippen molar-refractivity contribution in [3.05, 3.63) is 41.7 Å². The zero-order valence-corrected chi connectivity index (χ0v) is 14.2. The molecule has 8 heteroatoms. The van der Waals surface area contributed by atoms with Crippen molar-refractivity contribution in [2.45, 2.75) is 24.8 Å². The van der Waals surface area contributed by atoms with Gasteiger partial charge in [0.15, 0.2) is 11.5 Å². The van der Waals surface area contributed by atoms with Gasteiger partial charge >= 0.3 is 0 Å². The molecule has 0 radical (unpaired) electrons. The summed E-state index contributed by atoms with van der Waals surface area (Å²) in [6.07, 6.45) is 4.14. The van der Waals surface area contributed by atoms with Crippen LogP contribution in [0.3, 0.4) is 0 Å². The maximum atomic E-state index is 12.7. The highest BCUT2D eigenvalue weighted by molar-refractivity contribution is 5.95. The topological polar surface area (TPSA) is 116 Å². The fourth-order valence-corrected chi connectivity index (χ4v) is 3.55. The third-order valence-corrected chi connectivity index (χ3v) is 5.19. The number of aromatic nitrogens is 4. The van der Waals surface area contributed by atoms with Gasteiger partial charge in [-0.1, -0.05) is 12.1 Å². The van der Waals surface area contributed by atoms with E-state index in [-0.39, 0.29) is 23.7 Å². The van der Waals surface area contributed by atoms with Crippen LogP contribution in [-0.4, -0.2) is 43.4 Å². The van der Waals surface area contributed by atoms with Crippen LogP contribution >= 0.6 is 0 Å². The van der Waals surface area contributed by atoms with Gasteiger partial charge < -0.3 is 20.9 Å². The molecule has 1 amide bonds. The van der Waals surface area contributed by atoms with Crippen LogP contribution < -0.4 is 11.5 Å². The summed E-state index contributed by atoms with van der Waals surface area (Å²) < 4.78 is 1.92. The number of carbonyl (C=O) groups excluding carboxylic acids is 1. The summed E-state index contributed by atoms with van der Waals surface area (Å²) in [5.74, 6) is 1.11. The van der Waals surface area contributed by atoms with Crippen LogP contribution in [0.2, 0.25) is 0 Å². The molecule has 1 saturated carbocycles. The summed E-state index contributed by atoms with van der Waals surface area (Å²) in [6.45, 7) is 1.23. The van der Waals surface area contributed by atoms with Gasteiger partial charge in [-0.3, -0.25) is 4.79 Å². The molecule has 132 valence electrons. The Labute approximate surface area is 149 Å². The van der Waals surface area contributed by atoms with Crippen molar-refractivity contribution in [1.29, 1.82) is 0 Å². The first-order chi connectivity index (χ1) is 12.6. The summed E-state index contributed by atoms with van der Waals surface area (Å²) in [6, 6.07) is 8.13. The molecule has 1 aliphatic heterocycles. The van der Waals surface area contributed by atoms with Gasteiger partial charge in [-0.2, -0.15) is 9.97 Å². The number of amides is 1. The smallest absolute Gasteiger partial charge is 0.254 e. The number of hydrogen-bond donors (Lipinski definition) is 2. The Morgan fingerprint density at radius 3 is 2.73 bits per heavy atom. The fraction of sp³-hybridized carbons (Fsp3) is 0.333. The third-order valence-electron chi connectivity index (χ3n) is 5.19. The molecule has 1 saturated heterocycles. The Kier molecular flexibility index (Phi) is 3.15. The normalized spacial score (nSPS) is 17.5. The number of likely N-dealkylation sites (tertiary alicyclic amines) is 1. The van der Waals surface area contributed by atoms with Crippen LogP contribution in [0.4, 0.5) is 11.8 Å². The monoisotopic (exact) mass is 349 g/mol. The van der Waals surface area contributed by atoms with Crippen LogP contribution in [0.5, 0.6) is 0 Å². The van der Waals surface area contributed by atoms with E-state index in [1.807, 2.05) is 27.7 Å². The van der Waals surface area contributed by atoms with Gasteiger partial charge in [0.2, 0.25) is 5.95 Å². The molecule has 2 fully saturated rings. The number of nitrogen functional groups attached to an aromatic ring is 2. The highest BCUT2D eigenvalue weighted by Gasteiger charge is 2.34. The Bertz CT molecular complexity index is 1020. The van der Waals surface area contributed by atoms with Crippen LogP contribution in [-0.2, 0) is 0 Å². The van der Waals surface area contributed by atoms with Crippen molar-refractivity contribution in [1.82, 2.24) is 24.4 Å². The minimum absolute atomic E-state index is 0.0711. The van der Waals surface area contributed by atoms with Crippen molar-refractivity contribution in [2.24, 2.45) is 0 Å². The molecule has 0 atom stereocenters. The van der Waals surface area contributed by atoms with Gasteiger partial charge in [0.25, 0.3) is 5.91 Å². The molecular weight excluding hydrogens is 330 g/mol. The number of nitrogens with two attached hydrogens (primary N) is 2. The van der Waals surface area contributed by atoms with Crippen LogP contribution in [0.15, 0.2) is 30.6 Å². The summed E-state index contributed by atoms with van der Waals surface area (Å²) in [5.41, 5.74) is 14.7. The largest absolute Gasteiger partial charge is 0.382 e. The SMILES string of the molecule is Nc1nc(N)c2ncn(C3CN(C(=O)c4cccc(C5CC5)c4)C3)c2n1. The molecular formula is C18H19N7O. The molecule has 0 bridgehead atoms. The number of hydrogen-bond acceptors (Lipinski definition) is 6. The average Bonchev–Trinajstić information content (AvgIpc) is 3.36. The van der Waals surface area contributed by atoms with Crippen LogP contribution in [0.25, 0.3) is 11.2 Å². The number of anilines is 2. The molecule has 5 rings (SSSR count). The van der Waals surface area contributed by atoms with E-state index >= 15 is 0 Å². The second-order valence-corrected chi connectivity index (χ2v) is 7.05. The quantitative estimate of drug-likeness (QED) is 0.741. The minimum Gasteiger partial charge on any atom is -0.382 e. The van der Waals surface area contributed by atoms with E-state index in [1.165, 1.54) is 18.4 Å². The van der Waals surface area contributed by atoms with Crippen molar-refractivity contribution in [2.75, 3.05) is 24.6 Å². The first kappa shape index (κ1) is 15.1. The number of carbonyl (C=O) groups is 1. The van der Waals surface area contributed by atoms with E-state index in [4.69, 9.17) is 11.5 Å². The predicted molar refractivity (Wildman–Crippen MR) is 97.5 cm³/mol. The highest BCUT2D eigenvalue weighted by atomic mass is 16.2. The number of imidazole rings is 1. The van der Waals surface area contributed by atoms with Crippen molar-refractivity contribution in [3.8, 4) is 0 Å². The molecule has 3 aromatic rings. The second kappa shape index (κ2) is 5.42. The lowest BCUT2D eigenvalue weighted by Crippen LogP contribution is -2.50. The molecule has 8 nitrogen and oxygen atoms in total. The number of fused-ring (bicyclic) bond motifs is 1. The predicted octanol–water partition coefficient (Wildman–Crippen LogP) is 1.57. The molecule has 2 aliphatic rings. The fourth-order valence-electron chi connectivity index (χ4n) is 3.55. The number of rotatable bonds is 3. The van der Waals surface area contributed by atoms with E-state index in [1.54, 1.807) is 6.33 Å². The van der Waals surface area contributed by atoms with E-state index < -0.39 is 0 Å². The maximum absolute atomic E-state index is 12.7. The molecule has 26 heavy (non-hydrogen) atoms. The average molecular weight is 349 g/mol. The molecule has 1 aromatic carbocycles. The molecule has 0 unspecified atom stereocenters. The van der Waals surface area contributed by atoms with Crippen molar-refractivity contribution < 1.29 is 4.79 Å².